The van der Waals surface area contributed by atoms with Crippen molar-refractivity contribution in [2.24, 2.45) is 17.8 Å². The van der Waals surface area contributed by atoms with E-state index in [4.69, 9.17) is 4.42 Å². The maximum atomic E-state index is 12.8. The number of aliphatic carboxylic acids is 1. The summed E-state index contributed by atoms with van der Waals surface area (Å²) in [5.41, 5.74) is 2.43. The van der Waals surface area contributed by atoms with Crippen LogP contribution in [0.3, 0.4) is 0 Å². The fourth-order valence-corrected chi connectivity index (χ4v) is 3.70. The van der Waals surface area contributed by atoms with Gasteiger partial charge in [0.2, 0.25) is 0 Å². The van der Waals surface area contributed by atoms with E-state index in [0.29, 0.717) is 24.6 Å². The summed E-state index contributed by atoms with van der Waals surface area (Å²) >= 11 is 0. The van der Waals surface area contributed by atoms with Gasteiger partial charge in [0.05, 0.1) is 18.4 Å². The van der Waals surface area contributed by atoms with Gasteiger partial charge in [-0.05, 0) is 48.4 Å². The first-order valence-corrected chi connectivity index (χ1v) is 8.28. The van der Waals surface area contributed by atoms with Crippen LogP contribution in [0.2, 0.25) is 0 Å². The second-order valence-electron chi connectivity index (χ2n) is 6.75. The maximum Gasteiger partial charge on any atom is 0.308 e. The SMILES string of the molecule is O=C(O)[C@H]1CN(C(=O)c2cccc(-c3ccoc3)c2)C[C@@H]1C1CC1. The number of benzene rings is 1. The summed E-state index contributed by atoms with van der Waals surface area (Å²) in [6, 6.07) is 9.25. The summed E-state index contributed by atoms with van der Waals surface area (Å²) in [5.74, 6) is -0.729. The summed E-state index contributed by atoms with van der Waals surface area (Å²) < 4.78 is 5.10. The van der Waals surface area contributed by atoms with Gasteiger partial charge in [-0.2, -0.15) is 0 Å². The molecule has 1 saturated carbocycles. The number of hydrogen-bond donors (Lipinski definition) is 1. The van der Waals surface area contributed by atoms with Gasteiger partial charge in [-0.15, -0.1) is 0 Å². The summed E-state index contributed by atoms with van der Waals surface area (Å²) in [6.45, 7) is 0.863. The molecular formula is C19H19NO4. The number of carboxylic acid groups (broad SMARTS) is 1. The zero-order chi connectivity index (χ0) is 16.7. The van der Waals surface area contributed by atoms with Crippen LogP contribution in [-0.4, -0.2) is 35.0 Å². The van der Waals surface area contributed by atoms with Crippen molar-refractivity contribution in [2.75, 3.05) is 13.1 Å². The smallest absolute Gasteiger partial charge is 0.308 e. The molecule has 1 aromatic heterocycles. The Kier molecular flexibility index (Phi) is 3.63. The van der Waals surface area contributed by atoms with Crippen LogP contribution < -0.4 is 0 Å². The molecule has 5 heteroatoms. The summed E-state index contributed by atoms with van der Waals surface area (Å²) in [5, 5.41) is 9.45. The van der Waals surface area contributed by atoms with Crippen LogP contribution in [0, 0.1) is 17.8 Å². The highest BCUT2D eigenvalue weighted by Crippen LogP contribution is 2.44. The van der Waals surface area contributed by atoms with Gasteiger partial charge in [0.25, 0.3) is 5.91 Å². The van der Waals surface area contributed by atoms with Gasteiger partial charge in [-0.25, -0.2) is 0 Å². The minimum atomic E-state index is -0.783. The highest BCUT2D eigenvalue weighted by atomic mass is 16.4. The van der Waals surface area contributed by atoms with Crippen LogP contribution in [0.4, 0.5) is 0 Å². The highest BCUT2D eigenvalue weighted by molar-refractivity contribution is 5.96. The van der Waals surface area contributed by atoms with Crippen LogP contribution in [0.15, 0.2) is 47.3 Å². The summed E-state index contributed by atoms with van der Waals surface area (Å²) in [4.78, 5) is 26.0. The second-order valence-corrected chi connectivity index (χ2v) is 6.75. The molecule has 2 aromatic rings. The monoisotopic (exact) mass is 325 g/mol. The number of rotatable bonds is 4. The van der Waals surface area contributed by atoms with Gasteiger partial charge in [0, 0.05) is 24.2 Å². The van der Waals surface area contributed by atoms with E-state index in [1.807, 2.05) is 24.3 Å². The lowest BCUT2D eigenvalue weighted by molar-refractivity contribution is -0.142. The third kappa shape index (κ3) is 2.70. The molecule has 0 spiro atoms. The van der Waals surface area contributed by atoms with Gasteiger partial charge in [-0.3, -0.25) is 9.59 Å². The largest absolute Gasteiger partial charge is 0.481 e. The number of furan rings is 1. The number of nitrogens with zero attached hydrogens (tertiary/aromatic N) is 1. The predicted octanol–water partition coefficient (Wildman–Crippen LogP) is 3.13. The molecule has 1 aliphatic heterocycles. The number of likely N-dealkylation sites (tertiary alicyclic amines) is 1. The van der Waals surface area contributed by atoms with Gasteiger partial charge in [0.15, 0.2) is 0 Å². The molecule has 5 nitrogen and oxygen atoms in total. The average Bonchev–Trinajstić information content (AvgIpc) is 3.12. The van der Waals surface area contributed by atoms with Crippen molar-refractivity contribution < 1.29 is 19.1 Å². The third-order valence-electron chi connectivity index (χ3n) is 5.16. The molecule has 2 heterocycles. The maximum absolute atomic E-state index is 12.8. The van der Waals surface area contributed by atoms with E-state index < -0.39 is 11.9 Å². The Bertz CT molecular complexity index is 763. The molecule has 1 N–H and O–H groups in total. The molecule has 2 fully saturated rings. The number of carbonyl (C=O) groups excluding carboxylic acids is 1. The molecule has 24 heavy (non-hydrogen) atoms. The topological polar surface area (TPSA) is 70.8 Å². The second kappa shape index (κ2) is 5.82. The van der Waals surface area contributed by atoms with Crippen molar-refractivity contribution in [1.29, 1.82) is 0 Å². The first kappa shape index (κ1) is 15.0. The summed E-state index contributed by atoms with van der Waals surface area (Å²) in [7, 11) is 0. The zero-order valence-electron chi connectivity index (χ0n) is 13.2. The van der Waals surface area contributed by atoms with E-state index in [1.54, 1.807) is 23.5 Å². The van der Waals surface area contributed by atoms with Crippen LogP contribution in [0.1, 0.15) is 23.2 Å². The molecule has 1 aliphatic carbocycles. The fourth-order valence-electron chi connectivity index (χ4n) is 3.70. The first-order chi connectivity index (χ1) is 11.6. The molecule has 0 bridgehead atoms. The van der Waals surface area contributed by atoms with Gasteiger partial charge in [-0.1, -0.05) is 12.1 Å². The lowest BCUT2D eigenvalue weighted by Crippen LogP contribution is -2.29. The van der Waals surface area contributed by atoms with Crippen molar-refractivity contribution in [3.8, 4) is 11.1 Å². The Morgan fingerprint density at radius 2 is 1.96 bits per heavy atom. The Hall–Kier alpha value is -2.56. The van der Waals surface area contributed by atoms with Crippen LogP contribution in [-0.2, 0) is 4.79 Å². The Morgan fingerprint density at radius 3 is 2.62 bits per heavy atom. The Balaban J connectivity index is 1.56. The molecule has 0 unspecified atom stereocenters. The molecule has 1 amide bonds. The molecule has 124 valence electrons. The number of carboxylic acids is 1. The van der Waals surface area contributed by atoms with Crippen LogP contribution in [0.25, 0.3) is 11.1 Å². The quantitative estimate of drug-likeness (QED) is 0.937. The molecule has 2 aliphatic rings. The van der Waals surface area contributed by atoms with E-state index >= 15 is 0 Å². The third-order valence-corrected chi connectivity index (χ3v) is 5.16. The van der Waals surface area contributed by atoms with Crippen molar-refractivity contribution in [2.45, 2.75) is 12.8 Å². The lowest BCUT2D eigenvalue weighted by Gasteiger charge is -2.16. The minimum Gasteiger partial charge on any atom is -0.481 e. The minimum absolute atomic E-state index is 0.0882. The Labute approximate surface area is 139 Å². The van der Waals surface area contributed by atoms with Crippen molar-refractivity contribution >= 4 is 11.9 Å². The van der Waals surface area contributed by atoms with E-state index in [-0.39, 0.29) is 11.8 Å². The standard InChI is InChI=1S/C19H19NO4/c21-18(14-3-1-2-13(8-14)15-6-7-24-11-15)20-9-16(12-4-5-12)17(10-20)19(22)23/h1-3,6-8,11-12,16-17H,4-5,9-10H2,(H,22,23)/t16-,17+/m1/s1. The molecule has 1 aromatic carbocycles. The van der Waals surface area contributed by atoms with Gasteiger partial charge < -0.3 is 14.4 Å². The molecular weight excluding hydrogens is 306 g/mol. The average molecular weight is 325 g/mol. The first-order valence-electron chi connectivity index (χ1n) is 8.28. The number of hydrogen-bond acceptors (Lipinski definition) is 3. The van der Waals surface area contributed by atoms with Gasteiger partial charge in [0.1, 0.15) is 0 Å². The van der Waals surface area contributed by atoms with E-state index in [0.717, 1.165) is 24.0 Å². The van der Waals surface area contributed by atoms with Gasteiger partial charge >= 0.3 is 5.97 Å². The molecule has 1 saturated heterocycles. The van der Waals surface area contributed by atoms with Crippen molar-refractivity contribution in [3.63, 3.8) is 0 Å². The van der Waals surface area contributed by atoms with E-state index in [9.17, 15) is 14.7 Å². The molecule has 4 rings (SSSR count). The lowest BCUT2D eigenvalue weighted by atomic mass is 9.92. The molecule has 0 radical (unpaired) electrons. The van der Waals surface area contributed by atoms with Crippen LogP contribution in [0.5, 0.6) is 0 Å². The number of carbonyl (C=O) groups is 2. The highest BCUT2D eigenvalue weighted by Gasteiger charge is 2.46. The normalized spacial score (nSPS) is 23.4. The molecule has 2 atom stereocenters. The number of amides is 1. The van der Waals surface area contributed by atoms with Crippen molar-refractivity contribution in [1.82, 2.24) is 4.90 Å². The van der Waals surface area contributed by atoms with E-state index in [1.165, 1.54) is 0 Å². The predicted molar refractivity (Wildman–Crippen MR) is 87.4 cm³/mol. The summed E-state index contributed by atoms with van der Waals surface area (Å²) in [6.07, 6.45) is 5.42. The Morgan fingerprint density at radius 1 is 1.12 bits per heavy atom. The zero-order valence-corrected chi connectivity index (χ0v) is 13.2. The van der Waals surface area contributed by atoms with Crippen LogP contribution >= 0.6 is 0 Å². The van der Waals surface area contributed by atoms with Crippen molar-refractivity contribution in [3.05, 3.63) is 48.4 Å². The fraction of sp³-hybridized carbons (Fsp3) is 0.368. The van der Waals surface area contributed by atoms with E-state index in [2.05, 4.69) is 0 Å².